The van der Waals surface area contributed by atoms with E-state index in [1.807, 2.05) is 13.0 Å². The lowest BCUT2D eigenvalue weighted by Crippen LogP contribution is -2.19. The van der Waals surface area contributed by atoms with Crippen LogP contribution in [0.3, 0.4) is 0 Å². The number of halogens is 2. The summed E-state index contributed by atoms with van der Waals surface area (Å²) in [4.78, 5) is 2.24. The summed E-state index contributed by atoms with van der Waals surface area (Å²) in [5.74, 6) is 0. The molecule has 0 spiro atoms. The van der Waals surface area contributed by atoms with Crippen LogP contribution in [0.15, 0.2) is 51.4 Å². The van der Waals surface area contributed by atoms with Crippen LogP contribution < -0.4 is 10.6 Å². The van der Waals surface area contributed by atoms with Crippen molar-refractivity contribution < 1.29 is 0 Å². The number of rotatable bonds is 5. The van der Waals surface area contributed by atoms with Gasteiger partial charge in [0.15, 0.2) is 0 Å². The molecular formula is C17H20Br2N2. The molecule has 0 amide bonds. The molecule has 0 saturated heterocycles. The molecule has 0 saturated carbocycles. The Morgan fingerprint density at radius 3 is 2.48 bits per heavy atom. The summed E-state index contributed by atoms with van der Waals surface area (Å²) in [6, 6.07) is 15.0. The van der Waals surface area contributed by atoms with Crippen LogP contribution in [0.4, 0.5) is 5.69 Å². The van der Waals surface area contributed by atoms with Crippen LogP contribution >= 0.6 is 31.9 Å². The summed E-state index contributed by atoms with van der Waals surface area (Å²) in [5, 5.41) is 0. The zero-order chi connectivity index (χ0) is 15.4. The van der Waals surface area contributed by atoms with Gasteiger partial charge in [0, 0.05) is 28.6 Å². The van der Waals surface area contributed by atoms with Gasteiger partial charge in [-0.25, -0.2) is 0 Å². The average Bonchev–Trinajstić information content (AvgIpc) is 2.37. The van der Waals surface area contributed by atoms with E-state index in [9.17, 15) is 0 Å². The second kappa shape index (κ2) is 7.43. The SMILES string of the molecule is CC(N)Cc1ccc(N(C)Cc2cccc(Br)c2)c(Br)c1. The Bertz CT molecular complexity index is 611. The van der Waals surface area contributed by atoms with E-state index >= 15 is 0 Å². The molecule has 0 bridgehead atoms. The molecule has 2 aromatic carbocycles. The molecule has 1 atom stereocenters. The lowest BCUT2D eigenvalue weighted by molar-refractivity contribution is 0.737. The van der Waals surface area contributed by atoms with Crippen LogP contribution in [0, 0.1) is 0 Å². The third-order valence-electron chi connectivity index (χ3n) is 3.29. The van der Waals surface area contributed by atoms with Crippen LogP contribution in [-0.4, -0.2) is 13.1 Å². The highest BCUT2D eigenvalue weighted by atomic mass is 79.9. The van der Waals surface area contributed by atoms with Gasteiger partial charge >= 0.3 is 0 Å². The summed E-state index contributed by atoms with van der Waals surface area (Å²) in [6.07, 6.45) is 0.897. The van der Waals surface area contributed by atoms with Crippen molar-refractivity contribution >= 4 is 37.5 Å². The van der Waals surface area contributed by atoms with Gasteiger partial charge in [-0.3, -0.25) is 0 Å². The Labute approximate surface area is 143 Å². The fourth-order valence-corrected chi connectivity index (χ4v) is 3.53. The van der Waals surface area contributed by atoms with E-state index in [2.05, 4.69) is 80.2 Å². The highest BCUT2D eigenvalue weighted by molar-refractivity contribution is 9.10. The number of nitrogens with zero attached hydrogens (tertiary/aromatic N) is 1. The maximum Gasteiger partial charge on any atom is 0.0511 e. The van der Waals surface area contributed by atoms with E-state index in [-0.39, 0.29) is 6.04 Å². The fourth-order valence-electron chi connectivity index (χ4n) is 2.35. The second-order valence-corrected chi connectivity index (χ2v) is 7.22. The minimum atomic E-state index is 0.183. The van der Waals surface area contributed by atoms with Crippen LogP contribution in [0.2, 0.25) is 0 Å². The first-order valence-corrected chi connectivity index (χ1v) is 8.54. The molecule has 2 nitrogen and oxygen atoms in total. The Morgan fingerprint density at radius 2 is 1.86 bits per heavy atom. The van der Waals surface area contributed by atoms with Crippen molar-refractivity contribution in [3.05, 3.63) is 62.5 Å². The molecule has 0 aliphatic heterocycles. The normalized spacial score (nSPS) is 12.2. The Morgan fingerprint density at radius 1 is 1.10 bits per heavy atom. The van der Waals surface area contributed by atoms with Crippen LogP contribution in [0.25, 0.3) is 0 Å². The van der Waals surface area contributed by atoms with Crippen LogP contribution in [-0.2, 0) is 13.0 Å². The van der Waals surface area contributed by atoms with Gasteiger partial charge in [-0.05, 0) is 64.7 Å². The van der Waals surface area contributed by atoms with Crippen molar-refractivity contribution in [1.29, 1.82) is 0 Å². The molecule has 2 rings (SSSR count). The van der Waals surface area contributed by atoms with Gasteiger partial charge in [-0.15, -0.1) is 0 Å². The molecule has 1 unspecified atom stereocenters. The summed E-state index contributed by atoms with van der Waals surface area (Å²) in [6.45, 7) is 2.89. The van der Waals surface area contributed by atoms with Gasteiger partial charge in [0.1, 0.15) is 0 Å². The molecule has 0 aliphatic carbocycles. The standard InChI is InChI=1S/C17H20Br2N2/c1-12(20)8-13-6-7-17(16(19)10-13)21(2)11-14-4-3-5-15(18)9-14/h3-7,9-10,12H,8,11,20H2,1-2H3. The van der Waals surface area contributed by atoms with E-state index in [1.54, 1.807) is 0 Å². The van der Waals surface area contributed by atoms with E-state index in [1.165, 1.54) is 16.8 Å². The molecule has 0 heterocycles. The number of hydrogen-bond acceptors (Lipinski definition) is 2. The van der Waals surface area contributed by atoms with E-state index in [0.717, 1.165) is 21.9 Å². The quantitative estimate of drug-likeness (QED) is 0.769. The van der Waals surface area contributed by atoms with Crippen LogP contribution in [0.5, 0.6) is 0 Å². The maximum atomic E-state index is 5.86. The third-order valence-corrected chi connectivity index (χ3v) is 4.42. The molecule has 0 fully saturated rings. The van der Waals surface area contributed by atoms with E-state index < -0.39 is 0 Å². The summed E-state index contributed by atoms with van der Waals surface area (Å²) >= 11 is 7.19. The first kappa shape index (κ1) is 16.5. The fraction of sp³-hybridized carbons (Fsp3) is 0.294. The van der Waals surface area contributed by atoms with Crippen molar-refractivity contribution in [2.45, 2.75) is 25.9 Å². The first-order valence-electron chi connectivity index (χ1n) is 6.95. The molecule has 0 aliphatic rings. The smallest absolute Gasteiger partial charge is 0.0511 e. The molecule has 4 heteroatoms. The predicted octanol–water partition coefficient (Wildman–Crippen LogP) is 4.74. The monoisotopic (exact) mass is 410 g/mol. The van der Waals surface area contributed by atoms with Crippen LogP contribution in [0.1, 0.15) is 18.1 Å². The van der Waals surface area contributed by atoms with Gasteiger partial charge in [0.05, 0.1) is 5.69 Å². The summed E-state index contributed by atoms with van der Waals surface area (Å²) in [5.41, 5.74) is 9.58. The molecular weight excluding hydrogens is 392 g/mol. The zero-order valence-electron chi connectivity index (χ0n) is 12.3. The molecule has 21 heavy (non-hydrogen) atoms. The highest BCUT2D eigenvalue weighted by Gasteiger charge is 2.08. The Hall–Kier alpha value is -0.840. The minimum absolute atomic E-state index is 0.183. The Kier molecular flexibility index (Phi) is 5.85. The number of anilines is 1. The Balaban J connectivity index is 2.13. The third kappa shape index (κ3) is 4.83. The lowest BCUT2D eigenvalue weighted by Gasteiger charge is -2.22. The minimum Gasteiger partial charge on any atom is -0.369 e. The van der Waals surface area contributed by atoms with Crippen molar-refractivity contribution in [2.24, 2.45) is 5.73 Å². The molecule has 0 radical (unpaired) electrons. The van der Waals surface area contributed by atoms with Gasteiger partial charge in [-0.2, -0.15) is 0 Å². The largest absolute Gasteiger partial charge is 0.369 e. The second-order valence-electron chi connectivity index (χ2n) is 5.45. The number of nitrogens with two attached hydrogens (primary N) is 1. The predicted molar refractivity (Wildman–Crippen MR) is 97.7 cm³/mol. The zero-order valence-corrected chi connectivity index (χ0v) is 15.5. The van der Waals surface area contributed by atoms with Crippen molar-refractivity contribution in [2.75, 3.05) is 11.9 Å². The first-order chi connectivity index (χ1) is 9.95. The van der Waals surface area contributed by atoms with Crippen molar-refractivity contribution in [3.63, 3.8) is 0 Å². The maximum absolute atomic E-state index is 5.86. The topological polar surface area (TPSA) is 29.3 Å². The van der Waals surface area contributed by atoms with Gasteiger partial charge in [-0.1, -0.05) is 34.1 Å². The summed E-state index contributed by atoms with van der Waals surface area (Å²) < 4.78 is 2.22. The van der Waals surface area contributed by atoms with Gasteiger partial charge in [0.2, 0.25) is 0 Å². The molecule has 2 aromatic rings. The van der Waals surface area contributed by atoms with Gasteiger partial charge in [0.25, 0.3) is 0 Å². The number of benzene rings is 2. The average molecular weight is 412 g/mol. The van der Waals surface area contributed by atoms with Crippen molar-refractivity contribution in [3.8, 4) is 0 Å². The van der Waals surface area contributed by atoms with E-state index in [4.69, 9.17) is 5.73 Å². The number of hydrogen-bond donors (Lipinski definition) is 1. The van der Waals surface area contributed by atoms with Crippen molar-refractivity contribution in [1.82, 2.24) is 0 Å². The molecule has 112 valence electrons. The summed E-state index contributed by atoms with van der Waals surface area (Å²) in [7, 11) is 2.10. The molecule has 0 aromatic heterocycles. The van der Waals surface area contributed by atoms with Gasteiger partial charge < -0.3 is 10.6 Å². The van der Waals surface area contributed by atoms with E-state index in [0.29, 0.717) is 0 Å². The molecule has 2 N–H and O–H groups in total. The highest BCUT2D eigenvalue weighted by Crippen LogP contribution is 2.28. The lowest BCUT2D eigenvalue weighted by atomic mass is 10.1.